The summed E-state index contributed by atoms with van der Waals surface area (Å²) in [7, 11) is 0. The second-order valence-corrected chi connectivity index (χ2v) is 4.73. The first-order chi connectivity index (χ1) is 9.83. The molecule has 0 aliphatic carbocycles. The summed E-state index contributed by atoms with van der Waals surface area (Å²) in [4.78, 5) is 8.85. The maximum Gasteiger partial charge on any atom is 0.134 e. The van der Waals surface area contributed by atoms with Crippen molar-refractivity contribution >= 4 is 11.0 Å². The Morgan fingerprint density at radius 3 is 2.90 bits per heavy atom. The summed E-state index contributed by atoms with van der Waals surface area (Å²) in [6.07, 6.45) is 4.26. The smallest absolute Gasteiger partial charge is 0.134 e. The molecule has 1 atom stereocenters. The molecule has 0 aliphatic heterocycles. The van der Waals surface area contributed by atoms with Gasteiger partial charge in [-0.25, -0.2) is 9.97 Å². The number of aromatic nitrogens is 2. The van der Waals surface area contributed by atoms with Gasteiger partial charge in [0.2, 0.25) is 0 Å². The van der Waals surface area contributed by atoms with Crippen molar-refractivity contribution in [1.29, 1.82) is 0 Å². The number of benzene rings is 1. The largest absolute Gasteiger partial charge is 0.464 e. The van der Waals surface area contributed by atoms with Crippen LogP contribution in [-0.2, 0) is 0 Å². The second kappa shape index (κ2) is 5.43. The fourth-order valence-corrected chi connectivity index (χ4v) is 2.29. The number of fused-ring (bicyclic) bond motifs is 1. The molecule has 1 N–H and O–H groups in total. The predicted octanol–water partition coefficient (Wildman–Crippen LogP) is 3.38. The molecule has 0 saturated heterocycles. The highest BCUT2D eigenvalue weighted by Crippen LogP contribution is 2.29. The molecular weight excluding hydrogens is 252 g/mol. The number of furan rings is 1. The van der Waals surface area contributed by atoms with E-state index in [2.05, 4.69) is 9.97 Å². The van der Waals surface area contributed by atoms with E-state index in [1.54, 1.807) is 12.5 Å². The highest BCUT2D eigenvalue weighted by atomic mass is 16.3. The van der Waals surface area contributed by atoms with Gasteiger partial charge in [0.25, 0.3) is 0 Å². The minimum absolute atomic E-state index is 0.0203. The average molecular weight is 268 g/mol. The van der Waals surface area contributed by atoms with Crippen LogP contribution in [-0.4, -0.2) is 21.7 Å². The van der Waals surface area contributed by atoms with Crippen molar-refractivity contribution in [2.75, 3.05) is 6.61 Å². The van der Waals surface area contributed by atoms with E-state index < -0.39 is 0 Å². The van der Waals surface area contributed by atoms with Crippen molar-refractivity contribution in [3.05, 3.63) is 48.6 Å². The summed E-state index contributed by atoms with van der Waals surface area (Å²) >= 11 is 0. The molecule has 20 heavy (non-hydrogen) atoms. The fraction of sp³-hybridized carbons (Fsp3) is 0.250. The zero-order chi connectivity index (χ0) is 13.9. The quantitative estimate of drug-likeness (QED) is 0.788. The van der Waals surface area contributed by atoms with E-state index in [0.29, 0.717) is 5.82 Å². The van der Waals surface area contributed by atoms with Gasteiger partial charge in [0.05, 0.1) is 12.3 Å². The Kier molecular flexibility index (Phi) is 3.48. The molecule has 2 heterocycles. The first-order valence-corrected chi connectivity index (χ1v) is 6.74. The Morgan fingerprint density at radius 2 is 2.10 bits per heavy atom. The molecule has 2 aromatic heterocycles. The lowest BCUT2D eigenvalue weighted by Gasteiger charge is -2.10. The lowest BCUT2D eigenvalue weighted by Crippen LogP contribution is -2.07. The van der Waals surface area contributed by atoms with Crippen LogP contribution in [0.25, 0.3) is 22.2 Å². The maximum absolute atomic E-state index is 9.37. The average Bonchev–Trinajstić information content (AvgIpc) is 2.93. The molecule has 102 valence electrons. The third kappa shape index (κ3) is 2.18. The summed E-state index contributed by atoms with van der Waals surface area (Å²) in [6, 6.07) is 9.74. The van der Waals surface area contributed by atoms with Gasteiger partial charge in [0.1, 0.15) is 17.7 Å². The summed E-state index contributed by atoms with van der Waals surface area (Å²) in [5.74, 6) is 0.658. The van der Waals surface area contributed by atoms with E-state index >= 15 is 0 Å². The molecule has 0 radical (unpaired) electrons. The number of hydrogen-bond donors (Lipinski definition) is 1. The molecule has 1 unspecified atom stereocenters. The Labute approximate surface area is 117 Å². The van der Waals surface area contributed by atoms with Crippen molar-refractivity contribution in [3.63, 3.8) is 0 Å². The van der Waals surface area contributed by atoms with Gasteiger partial charge in [-0.3, -0.25) is 0 Å². The number of rotatable bonds is 4. The first-order valence-electron chi connectivity index (χ1n) is 6.74. The molecule has 0 bridgehead atoms. The van der Waals surface area contributed by atoms with Crippen molar-refractivity contribution in [3.8, 4) is 11.3 Å². The molecular formula is C16H16N2O2. The van der Waals surface area contributed by atoms with Gasteiger partial charge < -0.3 is 9.52 Å². The van der Waals surface area contributed by atoms with Crippen molar-refractivity contribution in [1.82, 2.24) is 9.97 Å². The van der Waals surface area contributed by atoms with E-state index in [9.17, 15) is 5.11 Å². The highest BCUT2D eigenvalue weighted by molar-refractivity contribution is 5.92. The van der Waals surface area contributed by atoms with Crippen molar-refractivity contribution in [2.24, 2.45) is 0 Å². The van der Waals surface area contributed by atoms with Crippen LogP contribution in [0.15, 0.2) is 47.2 Å². The zero-order valence-electron chi connectivity index (χ0n) is 11.3. The zero-order valence-corrected chi connectivity index (χ0v) is 11.3. The van der Waals surface area contributed by atoms with E-state index in [-0.39, 0.29) is 12.5 Å². The summed E-state index contributed by atoms with van der Waals surface area (Å²) < 4.78 is 5.55. The minimum atomic E-state index is -0.0203. The van der Waals surface area contributed by atoms with Crippen LogP contribution in [0.3, 0.4) is 0 Å². The molecule has 3 aromatic rings. The maximum atomic E-state index is 9.37. The molecule has 0 aliphatic rings. The molecule has 4 nitrogen and oxygen atoms in total. The highest BCUT2D eigenvalue weighted by Gasteiger charge is 2.14. The van der Waals surface area contributed by atoms with Gasteiger partial charge in [0.15, 0.2) is 0 Å². The van der Waals surface area contributed by atoms with Crippen LogP contribution < -0.4 is 0 Å². The van der Waals surface area contributed by atoms with Crippen molar-refractivity contribution in [2.45, 2.75) is 19.3 Å². The topological polar surface area (TPSA) is 59.2 Å². The second-order valence-electron chi connectivity index (χ2n) is 4.73. The summed E-state index contributed by atoms with van der Waals surface area (Å²) in [5, 5.41) is 10.4. The van der Waals surface area contributed by atoms with Crippen LogP contribution in [0.2, 0.25) is 0 Å². The molecule has 1 aromatic carbocycles. The van der Waals surface area contributed by atoms with Gasteiger partial charge in [-0.1, -0.05) is 25.1 Å². The van der Waals surface area contributed by atoms with Crippen molar-refractivity contribution < 1.29 is 9.52 Å². The lowest BCUT2D eigenvalue weighted by atomic mass is 10.1. The van der Waals surface area contributed by atoms with Gasteiger partial charge in [-0.05, 0) is 18.6 Å². The van der Waals surface area contributed by atoms with E-state index in [1.807, 2.05) is 37.3 Å². The third-order valence-electron chi connectivity index (χ3n) is 3.51. The molecule has 3 rings (SSSR count). The van der Waals surface area contributed by atoms with Crippen LogP contribution in [0, 0.1) is 0 Å². The van der Waals surface area contributed by atoms with E-state index in [0.717, 1.165) is 28.6 Å². The Hall–Kier alpha value is -2.20. The first kappa shape index (κ1) is 12.8. The number of aliphatic hydroxyl groups excluding tert-OH is 1. The monoisotopic (exact) mass is 268 g/mol. The van der Waals surface area contributed by atoms with Gasteiger partial charge in [-0.15, -0.1) is 0 Å². The standard InChI is InChI=1S/C16H16N2O2/c1-2-11(9-19)16-17-8-7-14(18-16)13-10-20-15-6-4-3-5-12(13)15/h3-8,10-11,19H,2,9H2,1H3. The molecule has 0 fully saturated rings. The Bertz CT molecular complexity index is 717. The van der Waals surface area contributed by atoms with Gasteiger partial charge >= 0.3 is 0 Å². The SMILES string of the molecule is CCC(CO)c1nccc(-c2coc3ccccc23)n1. The van der Waals surface area contributed by atoms with Crippen LogP contribution in [0.5, 0.6) is 0 Å². The number of nitrogens with zero attached hydrogens (tertiary/aromatic N) is 2. The normalized spacial score (nSPS) is 12.7. The lowest BCUT2D eigenvalue weighted by molar-refractivity contribution is 0.257. The third-order valence-corrected chi connectivity index (χ3v) is 3.51. The fourth-order valence-electron chi connectivity index (χ4n) is 2.29. The number of hydrogen-bond acceptors (Lipinski definition) is 4. The van der Waals surface area contributed by atoms with Crippen LogP contribution in [0.1, 0.15) is 25.1 Å². The number of para-hydroxylation sites is 1. The van der Waals surface area contributed by atoms with Crippen LogP contribution >= 0.6 is 0 Å². The number of aliphatic hydroxyl groups is 1. The van der Waals surface area contributed by atoms with Gasteiger partial charge in [0, 0.05) is 23.1 Å². The molecule has 0 spiro atoms. The summed E-state index contributed by atoms with van der Waals surface area (Å²) in [5.41, 5.74) is 2.63. The molecule has 4 heteroatoms. The Balaban J connectivity index is 2.08. The van der Waals surface area contributed by atoms with E-state index in [4.69, 9.17) is 4.42 Å². The van der Waals surface area contributed by atoms with E-state index in [1.165, 1.54) is 0 Å². The predicted molar refractivity (Wildman–Crippen MR) is 77.4 cm³/mol. The Morgan fingerprint density at radius 1 is 1.25 bits per heavy atom. The van der Waals surface area contributed by atoms with Gasteiger partial charge in [-0.2, -0.15) is 0 Å². The van der Waals surface area contributed by atoms with Crippen LogP contribution in [0.4, 0.5) is 0 Å². The molecule has 0 saturated carbocycles. The minimum Gasteiger partial charge on any atom is -0.464 e. The summed E-state index contributed by atoms with van der Waals surface area (Å²) in [6.45, 7) is 2.08. The molecule has 0 amide bonds.